The summed E-state index contributed by atoms with van der Waals surface area (Å²) in [5.74, 6) is -0.948. The first-order valence-corrected chi connectivity index (χ1v) is 12.6. The molecule has 0 spiro atoms. The predicted octanol–water partition coefficient (Wildman–Crippen LogP) is 3.29. The summed E-state index contributed by atoms with van der Waals surface area (Å²) < 4.78 is 23.9. The second-order valence-corrected chi connectivity index (χ2v) is 10.8. The van der Waals surface area contributed by atoms with Crippen molar-refractivity contribution in [2.45, 2.75) is 39.9 Å². The first-order chi connectivity index (χ1) is 15.7. The van der Waals surface area contributed by atoms with E-state index in [2.05, 4.69) is 13.2 Å². The Balaban J connectivity index is 2.39. The van der Waals surface area contributed by atoms with Crippen LogP contribution in [0.15, 0.2) is 85.0 Å². The fraction of sp³-hybridized carbons (Fsp3) is 0.308. The van der Waals surface area contributed by atoms with E-state index < -0.39 is 32.7 Å². The smallest absolute Gasteiger partial charge is 0.407 e. The van der Waals surface area contributed by atoms with E-state index in [0.29, 0.717) is 11.1 Å². The maximum Gasteiger partial charge on any atom is 0.407 e. The van der Waals surface area contributed by atoms with Crippen molar-refractivity contribution in [2.75, 3.05) is 13.2 Å². The van der Waals surface area contributed by atoms with E-state index in [1.807, 2.05) is 74.5 Å². The van der Waals surface area contributed by atoms with E-state index in [0.717, 1.165) is 10.4 Å². The van der Waals surface area contributed by atoms with Crippen molar-refractivity contribution in [3.05, 3.63) is 85.0 Å². The van der Waals surface area contributed by atoms with Crippen molar-refractivity contribution in [2.24, 2.45) is 0 Å². The Labute approximate surface area is 197 Å². The second-order valence-electron chi connectivity index (χ2n) is 7.96. The van der Waals surface area contributed by atoms with Crippen LogP contribution in [-0.2, 0) is 27.9 Å². The minimum atomic E-state index is -3.30. The lowest BCUT2D eigenvalue weighted by Gasteiger charge is -2.36. The van der Waals surface area contributed by atoms with Crippen molar-refractivity contribution in [3.8, 4) is 0 Å². The summed E-state index contributed by atoms with van der Waals surface area (Å²) in [6.45, 7) is 14.2. The molecule has 176 valence electrons. The lowest BCUT2D eigenvalue weighted by atomic mass is 10.3. The molecule has 0 aliphatic carbocycles. The van der Waals surface area contributed by atoms with Crippen LogP contribution in [0.5, 0.6) is 0 Å². The van der Waals surface area contributed by atoms with Gasteiger partial charge in [-0.2, -0.15) is 0 Å². The molecule has 0 N–H and O–H groups in total. The summed E-state index contributed by atoms with van der Waals surface area (Å²) in [7, 11) is -3.30. The Hall–Kier alpha value is -3.00. The van der Waals surface area contributed by atoms with Gasteiger partial charge < -0.3 is 18.3 Å². The van der Waals surface area contributed by atoms with Crippen LogP contribution in [0.1, 0.15) is 27.7 Å². The van der Waals surface area contributed by atoms with Gasteiger partial charge in [-0.05, 0) is 38.1 Å². The molecule has 0 bridgehead atoms. The van der Waals surface area contributed by atoms with Crippen molar-refractivity contribution in [1.29, 1.82) is 0 Å². The van der Waals surface area contributed by atoms with Gasteiger partial charge >= 0.3 is 20.5 Å². The average Bonchev–Trinajstić information content (AvgIpc) is 2.81. The van der Waals surface area contributed by atoms with Gasteiger partial charge in [0.1, 0.15) is 13.2 Å². The number of hydrogen-bond donors (Lipinski definition) is 0. The Morgan fingerprint density at radius 1 is 0.727 bits per heavy atom. The van der Waals surface area contributed by atoms with Crippen molar-refractivity contribution in [3.63, 3.8) is 0 Å². The van der Waals surface area contributed by atoms with Crippen LogP contribution >= 0.6 is 0 Å². The minimum Gasteiger partial charge on any atom is -0.460 e. The van der Waals surface area contributed by atoms with E-state index in [-0.39, 0.29) is 13.2 Å². The molecule has 0 saturated heterocycles. The van der Waals surface area contributed by atoms with Gasteiger partial charge in [-0.1, -0.05) is 73.8 Å². The summed E-state index contributed by atoms with van der Waals surface area (Å²) in [6, 6.07) is 19.4. The quantitative estimate of drug-likeness (QED) is 0.270. The van der Waals surface area contributed by atoms with Crippen LogP contribution in [0.3, 0.4) is 0 Å². The summed E-state index contributed by atoms with van der Waals surface area (Å²) in [6.07, 6.45) is -0.934. The standard InChI is InChI=1S/C26H32O6Si/c1-19(2)25(27)29-17-21(5)31-33(23-13-9-7-10-14-23,24-15-11-8-12-16-24)32-22(6)18-30-26(28)20(3)4/h7-16,21-22H,1,3,17-18H2,2,4-6H3. The molecule has 0 aliphatic rings. The average molecular weight is 469 g/mol. The molecule has 0 aromatic heterocycles. The number of carbonyl (C=O) groups is 2. The van der Waals surface area contributed by atoms with E-state index in [9.17, 15) is 9.59 Å². The number of esters is 2. The maximum atomic E-state index is 11.9. The number of ether oxygens (including phenoxy) is 2. The topological polar surface area (TPSA) is 71.1 Å². The second kappa shape index (κ2) is 12.3. The van der Waals surface area contributed by atoms with Crippen LogP contribution in [0.2, 0.25) is 0 Å². The van der Waals surface area contributed by atoms with Gasteiger partial charge in [-0.3, -0.25) is 0 Å². The largest absolute Gasteiger partial charge is 0.460 e. The molecular formula is C26H32O6Si. The molecule has 0 saturated carbocycles. The Kier molecular flexibility index (Phi) is 9.78. The van der Waals surface area contributed by atoms with Crippen LogP contribution < -0.4 is 10.4 Å². The van der Waals surface area contributed by atoms with Gasteiger partial charge in [-0.25, -0.2) is 9.59 Å². The molecule has 2 unspecified atom stereocenters. The molecule has 0 heterocycles. The Bertz CT molecular complexity index is 878. The Morgan fingerprint density at radius 2 is 1.06 bits per heavy atom. The normalized spacial score (nSPS) is 13.0. The van der Waals surface area contributed by atoms with Crippen LogP contribution in [0.25, 0.3) is 0 Å². The molecule has 0 aliphatic heterocycles. The van der Waals surface area contributed by atoms with Gasteiger partial charge in [0.25, 0.3) is 0 Å². The molecule has 7 heteroatoms. The molecule has 0 fully saturated rings. The maximum absolute atomic E-state index is 11.9. The molecule has 2 aromatic carbocycles. The van der Waals surface area contributed by atoms with Crippen molar-refractivity contribution in [1.82, 2.24) is 0 Å². The third-order valence-corrected chi connectivity index (χ3v) is 8.29. The van der Waals surface area contributed by atoms with E-state index >= 15 is 0 Å². The molecule has 2 aromatic rings. The number of rotatable bonds is 12. The number of hydrogen-bond acceptors (Lipinski definition) is 6. The highest BCUT2D eigenvalue weighted by Gasteiger charge is 2.45. The third kappa shape index (κ3) is 7.52. The van der Waals surface area contributed by atoms with Crippen LogP contribution in [0.4, 0.5) is 0 Å². The summed E-state index contributed by atoms with van der Waals surface area (Å²) in [4.78, 5) is 23.8. The first-order valence-electron chi connectivity index (χ1n) is 10.8. The van der Waals surface area contributed by atoms with Crippen molar-refractivity contribution >= 4 is 30.9 Å². The molecule has 2 atom stereocenters. The zero-order valence-electron chi connectivity index (χ0n) is 19.7. The molecule has 0 amide bonds. The highest BCUT2D eigenvalue weighted by Crippen LogP contribution is 2.16. The predicted molar refractivity (Wildman–Crippen MR) is 131 cm³/mol. The third-order valence-electron chi connectivity index (χ3n) is 4.64. The van der Waals surface area contributed by atoms with Gasteiger partial charge in [0, 0.05) is 11.1 Å². The highest BCUT2D eigenvalue weighted by molar-refractivity contribution is 6.92. The SMILES string of the molecule is C=C(C)C(=O)OCC(C)O[Si](OC(C)COC(=O)C(=C)C)(c1ccccc1)c1ccccc1. The number of benzene rings is 2. The van der Waals surface area contributed by atoms with E-state index in [1.165, 1.54) is 0 Å². The van der Waals surface area contributed by atoms with E-state index in [1.54, 1.807) is 13.8 Å². The van der Waals surface area contributed by atoms with Gasteiger partial charge in [-0.15, -0.1) is 0 Å². The summed E-state index contributed by atoms with van der Waals surface area (Å²) in [5.41, 5.74) is 0.641. The van der Waals surface area contributed by atoms with Gasteiger partial charge in [0.2, 0.25) is 0 Å². The minimum absolute atomic E-state index is 0.0441. The zero-order chi connectivity index (χ0) is 24.4. The fourth-order valence-electron chi connectivity index (χ4n) is 3.05. The first kappa shape index (κ1) is 26.3. The summed E-state index contributed by atoms with van der Waals surface area (Å²) >= 11 is 0. The molecule has 0 radical (unpaired) electrons. The van der Waals surface area contributed by atoms with Gasteiger partial charge in [0.15, 0.2) is 0 Å². The van der Waals surface area contributed by atoms with Gasteiger partial charge in [0.05, 0.1) is 12.2 Å². The zero-order valence-corrected chi connectivity index (χ0v) is 20.7. The highest BCUT2D eigenvalue weighted by atomic mass is 28.4. The lowest BCUT2D eigenvalue weighted by Crippen LogP contribution is -2.66. The summed E-state index contributed by atoms with van der Waals surface area (Å²) in [5, 5.41) is 1.76. The molecule has 2 rings (SSSR count). The van der Waals surface area contributed by atoms with Crippen LogP contribution in [0, 0.1) is 0 Å². The van der Waals surface area contributed by atoms with Crippen LogP contribution in [-0.4, -0.2) is 45.9 Å². The molecule has 33 heavy (non-hydrogen) atoms. The number of carbonyl (C=O) groups excluding carboxylic acids is 2. The van der Waals surface area contributed by atoms with E-state index in [4.69, 9.17) is 18.3 Å². The van der Waals surface area contributed by atoms with Crippen molar-refractivity contribution < 1.29 is 27.9 Å². The lowest BCUT2D eigenvalue weighted by molar-refractivity contribution is -0.141. The Morgan fingerprint density at radius 3 is 1.36 bits per heavy atom. The molecule has 6 nitrogen and oxygen atoms in total. The monoisotopic (exact) mass is 468 g/mol. The fourth-order valence-corrected chi connectivity index (χ4v) is 6.51. The molecular weight excluding hydrogens is 436 g/mol.